The van der Waals surface area contributed by atoms with Crippen LogP contribution in [0.1, 0.15) is 0 Å². The minimum atomic E-state index is -0.337. The van der Waals surface area contributed by atoms with Gasteiger partial charge in [-0.25, -0.2) is 9.18 Å². The largest absolute Gasteiger partial charge is 0.329 e. The molecule has 0 aromatic heterocycles. The van der Waals surface area contributed by atoms with Crippen molar-refractivity contribution in [1.29, 1.82) is 0 Å². The molecule has 0 unspecified atom stereocenters. The van der Waals surface area contributed by atoms with Crippen molar-refractivity contribution < 1.29 is 9.18 Å². The number of anilines is 1. The lowest BCUT2D eigenvalue weighted by Gasteiger charge is -2.18. The van der Waals surface area contributed by atoms with Crippen molar-refractivity contribution in [2.45, 2.75) is 4.90 Å². The van der Waals surface area contributed by atoms with Crippen LogP contribution in [0.3, 0.4) is 0 Å². The van der Waals surface area contributed by atoms with Gasteiger partial charge in [0.15, 0.2) is 0 Å². The Bertz CT molecular complexity index is 385. The Labute approximate surface area is 86.3 Å². The van der Waals surface area contributed by atoms with Crippen LogP contribution in [0.4, 0.5) is 14.9 Å². The zero-order valence-electron chi connectivity index (χ0n) is 6.23. The van der Waals surface area contributed by atoms with Crippen LogP contribution in [0, 0.1) is 5.82 Å². The molecular formula is C7H4BrFN2OS. The number of hydrogen-bond acceptors (Lipinski definition) is 2. The van der Waals surface area contributed by atoms with E-state index in [9.17, 15) is 9.18 Å². The number of urea groups is 1. The number of carbonyl (C=O) groups excluding carboxylic acids is 1. The monoisotopic (exact) mass is 262 g/mol. The molecule has 0 atom stereocenters. The molecule has 0 saturated heterocycles. The molecule has 0 aliphatic carbocycles. The predicted octanol–water partition coefficient (Wildman–Crippen LogP) is 2.73. The summed E-state index contributed by atoms with van der Waals surface area (Å²) in [5, 5.41) is 2.57. The van der Waals surface area contributed by atoms with E-state index in [1.807, 2.05) is 0 Å². The Hall–Kier alpha value is -0.750. The molecule has 2 amide bonds. The van der Waals surface area contributed by atoms with Gasteiger partial charge in [-0.3, -0.25) is 4.72 Å². The van der Waals surface area contributed by atoms with E-state index < -0.39 is 0 Å². The number of hydrogen-bond donors (Lipinski definition) is 2. The first kappa shape index (κ1) is 8.83. The summed E-state index contributed by atoms with van der Waals surface area (Å²) in [4.78, 5) is 11.6. The van der Waals surface area contributed by atoms with Gasteiger partial charge in [-0.2, -0.15) is 0 Å². The first-order valence-electron chi connectivity index (χ1n) is 3.40. The van der Waals surface area contributed by atoms with Crippen LogP contribution in [0.2, 0.25) is 0 Å². The molecule has 0 fully saturated rings. The number of benzene rings is 1. The maximum Gasteiger partial charge on any atom is 0.329 e. The average molecular weight is 263 g/mol. The van der Waals surface area contributed by atoms with E-state index in [-0.39, 0.29) is 11.8 Å². The van der Waals surface area contributed by atoms with Crippen LogP contribution < -0.4 is 10.0 Å². The van der Waals surface area contributed by atoms with Gasteiger partial charge in [0, 0.05) is 4.47 Å². The van der Waals surface area contributed by atoms with Gasteiger partial charge in [0.2, 0.25) is 0 Å². The van der Waals surface area contributed by atoms with Crippen LogP contribution in [0.25, 0.3) is 0 Å². The molecule has 1 heterocycles. The van der Waals surface area contributed by atoms with E-state index in [2.05, 4.69) is 26.0 Å². The van der Waals surface area contributed by atoms with E-state index >= 15 is 0 Å². The van der Waals surface area contributed by atoms with Crippen molar-refractivity contribution in [3.05, 3.63) is 22.4 Å². The number of amides is 2. The number of carbonyl (C=O) groups is 1. The van der Waals surface area contributed by atoms with Crippen molar-refractivity contribution in [2.75, 3.05) is 5.32 Å². The molecule has 1 aromatic carbocycles. The summed E-state index contributed by atoms with van der Waals surface area (Å²) in [5.41, 5.74) is 0.607. The second-order valence-corrected chi connectivity index (χ2v) is 4.12. The maximum absolute atomic E-state index is 12.9. The average Bonchev–Trinajstić information content (AvgIpc) is 2.06. The Kier molecular flexibility index (Phi) is 2.17. The topological polar surface area (TPSA) is 41.1 Å². The van der Waals surface area contributed by atoms with Crippen molar-refractivity contribution >= 4 is 39.6 Å². The van der Waals surface area contributed by atoms with Gasteiger partial charge in [-0.1, -0.05) is 0 Å². The first-order chi connectivity index (χ1) is 6.16. The fourth-order valence-electron chi connectivity index (χ4n) is 0.992. The number of nitrogens with one attached hydrogen (secondary N) is 2. The zero-order valence-corrected chi connectivity index (χ0v) is 8.63. The molecule has 68 valence electrons. The fraction of sp³-hybridized carbons (Fsp3) is 0. The third-order valence-electron chi connectivity index (χ3n) is 1.51. The lowest BCUT2D eigenvalue weighted by molar-refractivity contribution is 0.257. The molecule has 0 saturated carbocycles. The molecule has 13 heavy (non-hydrogen) atoms. The van der Waals surface area contributed by atoms with Crippen LogP contribution in [-0.2, 0) is 0 Å². The highest BCUT2D eigenvalue weighted by Crippen LogP contribution is 2.35. The molecule has 1 aliphatic rings. The molecule has 2 N–H and O–H groups in total. The van der Waals surface area contributed by atoms with Gasteiger partial charge < -0.3 is 5.32 Å². The minimum absolute atomic E-state index is 0.301. The molecule has 0 spiro atoms. The summed E-state index contributed by atoms with van der Waals surface area (Å²) < 4.78 is 15.9. The Balaban J connectivity index is 2.53. The van der Waals surface area contributed by atoms with Gasteiger partial charge in [0.05, 0.1) is 10.6 Å². The maximum atomic E-state index is 12.9. The molecule has 3 nitrogen and oxygen atoms in total. The fourth-order valence-corrected chi connectivity index (χ4v) is 2.34. The SMILES string of the molecule is O=C1NSc2cc(F)cc(Br)c2N1. The standard InChI is InChI=1S/C7H4BrFN2OS/c8-4-1-3(9)2-5-6(4)10-7(12)11-13-5/h1-2H,(H2,10,11,12). The summed E-state index contributed by atoms with van der Waals surface area (Å²) in [6.45, 7) is 0. The summed E-state index contributed by atoms with van der Waals surface area (Å²) in [5.74, 6) is -0.337. The van der Waals surface area contributed by atoms with Gasteiger partial charge >= 0.3 is 6.03 Å². The van der Waals surface area contributed by atoms with Crippen molar-refractivity contribution in [3.8, 4) is 0 Å². The zero-order chi connectivity index (χ0) is 9.42. The molecule has 1 aromatic rings. The summed E-state index contributed by atoms with van der Waals surface area (Å²) >= 11 is 4.26. The van der Waals surface area contributed by atoms with Crippen LogP contribution in [0.5, 0.6) is 0 Å². The smallest absolute Gasteiger partial charge is 0.305 e. The van der Waals surface area contributed by atoms with Gasteiger partial charge in [-0.15, -0.1) is 0 Å². The van der Waals surface area contributed by atoms with Crippen LogP contribution >= 0.6 is 27.9 Å². The molecular weight excluding hydrogens is 259 g/mol. The molecule has 6 heteroatoms. The first-order valence-corrected chi connectivity index (χ1v) is 5.00. The Morgan fingerprint density at radius 2 is 2.23 bits per heavy atom. The third-order valence-corrected chi connectivity index (χ3v) is 2.97. The lowest BCUT2D eigenvalue weighted by atomic mass is 10.3. The van der Waals surface area contributed by atoms with Crippen molar-refractivity contribution in [1.82, 2.24) is 4.72 Å². The summed E-state index contributed by atoms with van der Waals surface area (Å²) in [7, 11) is 0. The lowest BCUT2D eigenvalue weighted by Crippen LogP contribution is -2.27. The third kappa shape index (κ3) is 1.64. The van der Waals surface area contributed by atoms with E-state index in [0.29, 0.717) is 15.1 Å². The van der Waals surface area contributed by atoms with Crippen LogP contribution in [0.15, 0.2) is 21.5 Å². The number of rotatable bonds is 0. The second-order valence-electron chi connectivity index (χ2n) is 2.42. The van der Waals surface area contributed by atoms with Crippen molar-refractivity contribution in [2.24, 2.45) is 0 Å². The molecule has 0 bridgehead atoms. The van der Waals surface area contributed by atoms with E-state index in [1.54, 1.807) is 0 Å². The molecule has 1 aliphatic heterocycles. The summed E-state index contributed by atoms with van der Waals surface area (Å²) in [6, 6.07) is 2.37. The normalized spacial score (nSPS) is 14.5. The predicted molar refractivity (Wildman–Crippen MR) is 52.1 cm³/mol. The van der Waals surface area contributed by atoms with Crippen molar-refractivity contribution in [3.63, 3.8) is 0 Å². The second kappa shape index (κ2) is 3.19. The highest BCUT2D eigenvalue weighted by atomic mass is 79.9. The Morgan fingerprint density at radius 3 is 3.00 bits per heavy atom. The number of halogens is 2. The van der Waals surface area contributed by atoms with E-state index in [1.165, 1.54) is 12.1 Å². The number of fused-ring (bicyclic) bond motifs is 1. The minimum Gasteiger partial charge on any atom is -0.305 e. The van der Waals surface area contributed by atoms with E-state index in [4.69, 9.17) is 0 Å². The highest BCUT2D eigenvalue weighted by molar-refractivity contribution is 9.10. The quantitative estimate of drug-likeness (QED) is 0.706. The highest BCUT2D eigenvalue weighted by Gasteiger charge is 2.18. The molecule has 0 radical (unpaired) electrons. The van der Waals surface area contributed by atoms with E-state index in [0.717, 1.165) is 11.9 Å². The summed E-state index contributed by atoms with van der Waals surface area (Å²) in [6.07, 6.45) is 0. The van der Waals surface area contributed by atoms with Gasteiger partial charge in [-0.05, 0) is 40.0 Å². The Morgan fingerprint density at radius 1 is 1.46 bits per heavy atom. The van der Waals surface area contributed by atoms with Crippen LogP contribution in [-0.4, -0.2) is 6.03 Å². The van der Waals surface area contributed by atoms with Gasteiger partial charge in [0.25, 0.3) is 0 Å². The van der Waals surface area contributed by atoms with Gasteiger partial charge in [0.1, 0.15) is 5.82 Å². The molecule has 2 rings (SSSR count).